The molecule has 3 aliphatic rings. The van der Waals surface area contributed by atoms with Crippen molar-refractivity contribution in [2.45, 2.75) is 70.5 Å². The van der Waals surface area contributed by atoms with Gasteiger partial charge in [-0.3, -0.25) is 4.79 Å². The number of nitrogens with one attached hydrogen (secondary N) is 2. The lowest BCUT2D eigenvalue weighted by molar-refractivity contribution is -0.211. The van der Waals surface area contributed by atoms with E-state index in [0.29, 0.717) is 30.4 Å². The summed E-state index contributed by atoms with van der Waals surface area (Å²) in [5.74, 6) is -1.26. The molecule has 1 amide bonds. The van der Waals surface area contributed by atoms with E-state index in [9.17, 15) is 4.79 Å². The molecule has 3 fully saturated rings. The van der Waals surface area contributed by atoms with Gasteiger partial charge in [-0.15, -0.1) is 0 Å². The number of ether oxygens (including phenoxy) is 6. The summed E-state index contributed by atoms with van der Waals surface area (Å²) in [5.41, 5.74) is 5.40. The van der Waals surface area contributed by atoms with E-state index in [-0.39, 0.29) is 0 Å². The highest BCUT2D eigenvalue weighted by Crippen LogP contribution is 2.39. The second-order valence-electron chi connectivity index (χ2n) is 10.5. The quantitative estimate of drug-likeness (QED) is 0.474. The summed E-state index contributed by atoms with van der Waals surface area (Å²) < 4.78 is 35.7. The summed E-state index contributed by atoms with van der Waals surface area (Å²) in [6.45, 7) is 8.07. The molecule has 3 aliphatic heterocycles. The minimum Gasteiger partial charge on any atom is -0.489 e. The molecule has 0 spiro atoms. The van der Waals surface area contributed by atoms with Gasteiger partial charge in [0.2, 0.25) is 0 Å². The Balaban J connectivity index is 1.18. The summed E-state index contributed by atoms with van der Waals surface area (Å²) in [7, 11) is 0. The lowest BCUT2D eigenvalue weighted by Gasteiger charge is -2.24. The molecule has 1 aromatic heterocycles. The Morgan fingerprint density at radius 2 is 1.84 bits per heavy atom. The summed E-state index contributed by atoms with van der Waals surface area (Å²) in [6, 6.07) is 17.4. The Hall–Kier alpha value is -3.28. The molecule has 38 heavy (non-hydrogen) atoms. The Morgan fingerprint density at radius 3 is 2.61 bits per heavy atom. The van der Waals surface area contributed by atoms with Gasteiger partial charge >= 0.3 is 0 Å². The minimum absolute atomic E-state index is 0.324. The first-order chi connectivity index (χ1) is 18.2. The van der Waals surface area contributed by atoms with E-state index in [2.05, 4.69) is 15.5 Å². The van der Waals surface area contributed by atoms with Crippen LogP contribution in [-0.4, -0.2) is 59.4 Å². The Labute approximate surface area is 220 Å². The van der Waals surface area contributed by atoms with Crippen LogP contribution in [0.3, 0.4) is 0 Å². The average Bonchev–Trinajstić information content (AvgIpc) is 3.62. The fourth-order valence-corrected chi connectivity index (χ4v) is 4.91. The van der Waals surface area contributed by atoms with Gasteiger partial charge in [0.15, 0.2) is 24.0 Å². The van der Waals surface area contributed by atoms with Crippen LogP contribution in [0.2, 0.25) is 0 Å². The zero-order valence-electron chi connectivity index (χ0n) is 21.7. The van der Waals surface area contributed by atoms with Crippen molar-refractivity contribution < 1.29 is 33.2 Å². The van der Waals surface area contributed by atoms with Gasteiger partial charge in [-0.1, -0.05) is 30.3 Å². The van der Waals surface area contributed by atoms with Crippen LogP contribution in [0.5, 0.6) is 5.75 Å². The van der Waals surface area contributed by atoms with Gasteiger partial charge in [0.25, 0.3) is 5.91 Å². The van der Waals surface area contributed by atoms with E-state index in [0.717, 1.165) is 16.5 Å². The smallest absolute Gasteiger partial charge is 0.287 e. The van der Waals surface area contributed by atoms with E-state index >= 15 is 0 Å². The van der Waals surface area contributed by atoms with Crippen LogP contribution < -0.4 is 10.2 Å². The average molecular weight is 522 g/mol. The molecule has 0 aliphatic carbocycles. The number of fused-ring (bicyclic) bond motifs is 2. The number of rotatable bonds is 6. The highest BCUT2D eigenvalue weighted by atomic mass is 16.8. The van der Waals surface area contributed by atoms with Crippen LogP contribution in [0.4, 0.5) is 0 Å². The van der Waals surface area contributed by atoms with Gasteiger partial charge in [-0.2, -0.15) is 5.10 Å². The van der Waals surface area contributed by atoms with Crippen LogP contribution >= 0.6 is 0 Å². The van der Waals surface area contributed by atoms with Gasteiger partial charge in [0.05, 0.1) is 6.61 Å². The maximum Gasteiger partial charge on any atom is 0.287 e. The minimum atomic E-state index is -0.838. The molecule has 3 saturated heterocycles. The third-order valence-electron chi connectivity index (χ3n) is 6.66. The van der Waals surface area contributed by atoms with Crippen LogP contribution in [-0.2, 0) is 30.3 Å². The first kappa shape index (κ1) is 25.0. The van der Waals surface area contributed by atoms with Crippen LogP contribution in [0.1, 0.15) is 43.7 Å². The molecule has 6 rings (SSSR count). The van der Waals surface area contributed by atoms with Crippen molar-refractivity contribution in [1.29, 1.82) is 0 Å². The van der Waals surface area contributed by atoms with Crippen molar-refractivity contribution in [2.24, 2.45) is 5.10 Å². The molecule has 0 unspecified atom stereocenters. The summed E-state index contributed by atoms with van der Waals surface area (Å²) in [6.07, 6.45) is -2.23. The van der Waals surface area contributed by atoms with Gasteiger partial charge in [0.1, 0.15) is 36.0 Å². The highest BCUT2D eigenvalue weighted by molar-refractivity contribution is 6.00. The van der Waals surface area contributed by atoms with E-state index in [1.165, 1.54) is 0 Å². The maximum absolute atomic E-state index is 13.1. The highest BCUT2D eigenvalue weighted by Gasteiger charge is 2.56. The zero-order valence-corrected chi connectivity index (χ0v) is 21.7. The molecule has 10 nitrogen and oxygen atoms in total. The number of benzene rings is 2. The molecule has 0 bridgehead atoms. The molecule has 0 radical (unpaired) electrons. The van der Waals surface area contributed by atoms with Crippen LogP contribution in [0, 0.1) is 0 Å². The number of nitrogens with zero attached hydrogens (tertiary/aromatic N) is 1. The van der Waals surface area contributed by atoms with E-state index in [1.807, 2.05) is 62.4 Å². The number of aromatic nitrogens is 1. The number of hydrogen-bond acceptors (Lipinski definition) is 8. The Kier molecular flexibility index (Phi) is 6.24. The normalized spacial score (nSPS) is 28.6. The lowest BCUT2D eigenvalue weighted by atomic mass is 10.1. The third-order valence-corrected chi connectivity index (χ3v) is 6.66. The number of H-pyrrole nitrogens is 1. The van der Waals surface area contributed by atoms with E-state index in [4.69, 9.17) is 28.4 Å². The lowest BCUT2D eigenvalue weighted by Crippen LogP contribution is -2.41. The molecule has 0 saturated carbocycles. The molecule has 4 atom stereocenters. The standard InChI is InChI=1S/C28H31N3O7/c1-27(2)34-15-21(36-27)23-22(24-26(35-23)38-28(3,4)37-24)30-31-25(32)20-13-17-12-18(10-11-19(17)29-20)33-14-16-8-6-5-7-9-16/h5-13,21,23-24,26,29H,14-15H2,1-4H3,(H,31,32)/b30-22+/t21-,23+,24+,26-/m0/s1. The van der Waals surface area contributed by atoms with Gasteiger partial charge < -0.3 is 33.4 Å². The van der Waals surface area contributed by atoms with E-state index in [1.54, 1.807) is 19.9 Å². The van der Waals surface area contributed by atoms with Gasteiger partial charge in [0, 0.05) is 10.9 Å². The first-order valence-electron chi connectivity index (χ1n) is 12.7. The monoisotopic (exact) mass is 521 g/mol. The number of hydrogen-bond donors (Lipinski definition) is 2. The third kappa shape index (κ3) is 5.05. The van der Waals surface area contributed by atoms with Gasteiger partial charge in [-0.25, -0.2) is 5.43 Å². The second kappa shape index (κ2) is 9.48. The molecule has 3 aromatic rings. The Morgan fingerprint density at radius 1 is 1.03 bits per heavy atom. The molecule has 2 aromatic carbocycles. The van der Waals surface area contributed by atoms with Crippen LogP contribution in [0.25, 0.3) is 10.9 Å². The SMILES string of the molecule is CC1(C)OC[C@@H]([C@H]2O[C@H]3OC(C)(C)O[C@@H]3/C2=N/NC(=O)c2cc3cc(OCc4ccccc4)ccc3[nH]2)O1. The fraction of sp³-hybridized carbons (Fsp3) is 0.429. The molecule has 2 N–H and O–H groups in total. The second-order valence-corrected chi connectivity index (χ2v) is 10.5. The predicted octanol–water partition coefficient (Wildman–Crippen LogP) is 3.86. The molecule has 4 heterocycles. The Bertz CT molecular complexity index is 1370. The largest absolute Gasteiger partial charge is 0.489 e. The molecule has 200 valence electrons. The topological polar surface area (TPSA) is 113 Å². The van der Waals surface area contributed by atoms with E-state index < -0.39 is 42.1 Å². The van der Waals surface area contributed by atoms with Crippen molar-refractivity contribution >= 4 is 22.5 Å². The number of carbonyl (C=O) groups is 1. The molecular weight excluding hydrogens is 490 g/mol. The van der Waals surface area contributed by atoms with Crippen molar-refractivity contribution in [2.75, 3.05) is 6.61 Å². The fourth-order valence-electron chi connectivity index (χ4n) is 4.91. The molecule has 10 heteroatoms. The summed E-state index contributed by atoms with van der Waals surface area (Å²) in [4.78, 5) is 16.2. The number of hydrazone groups is 1. The van der Waals surface area contributed by atoms with Crippen molar-refractivity contribution in [3.63, 3.8) is 0 Å². The van der Waals surface area contributed by atoms with Crippen molar-refractivity contribution in [1.82, 2.24) is 10.4 Å². The summed E-state index contributed by atoms with van der Waals surface area (Å²) >= 11 is 0. The van der Waals surface area contributed by atoms with Crippen LogP contribution in [0.15, 0.2) is 59.7 Å². The predicted molar refractivity (Wildman–Crippen MR) is 138 cm³/mol. The zero-order chi connectivity index (χ0) is 26.5. The first-order valence-corrected chi connectivity index (χ1v) is 12.7. The number of carbonyl (C=O) groups excluding carboxylic acids is 1. The molecular formula is C28H31N3O7. The van der Waals surface area contributed by atoms with Gasteiger partial charge in [-0.05, 0) is 57.5 Å². The number of aromatic amines is 1. The number of amides is 1. The van der Waals surface area contributed by atoms with Crippen molar-refractivity contribution in [3.05, 3.63) is 65.9 Å². The van der Waals surface area contributed by atoms with Crippen molar-refractivity contribution in [3.8, 4) is 5.75 Å². The summed E-state index contributed by atoms with van der Waals surface area (Å²) in [5, 5.41) is 5.29. The maximum atomic E-state index is 13.1.